The second-order valence-electron chi connectivity index (χ2n) is 7.04. The monoisotopic (exact) mass is 413 g/mol. The Balaban J connectivity index is 2.07. The molecule has 0 aliphatic heterocycles. The Hall–Kier alpha value is -2.87. The van der Waals surface area contributed by atoms with Crippen LogP contribution in [-0.2, 0) is 14.1 Å². The van der Waals surface area contributed by atoms with E-state index in [4.69, 9.17) is 4.74 Å². The Morgan fingerprint density at radius 3 is 2.38 bits per heavy atom. The number of aryl methyl sites for hydroxylation is 1. The van der Waals surface area contributed by atoms with E-state index in [9.17, 15) is 14.4 Å². The summed E-state index contributed by atoms with van der Waals surface area (Å²) in [6.45, 7) is 4.01. The highest BCUT2D eigenvalue weighted by Gasteiger charge is 2.20. The minimum atomic E-state index is -0.433. The second kappa shape index (κ2) is 8.24. The fraction of sp³-hybridized carbons (Fsp3) is 0.333. The number of hydrogen-bond donors (Lipinski definition) is 0. The number of carbonyl (C=O) groups excluding carboxylic acids is 1. The highest BCUT2D eigenvalue weighted by molar-refractivity contribution is 8.00. The molecule has 2 aromatic heterocycles. The van der Waals surface area contributed by atoms with Gasteiger partial charge in [-0.1, -0.05) is 13.8 Å². The van der Waals surface area contributed by atoms with Crippen LogP contribution in [0, 0.1) is 0 Å². The number of thioether (sulfide) groups is 1. The summed E-state index contributed by atoms with van der Waals surface area (Å²) in [5, 5.41) is 0.369. The number of aromatic nitrogens is 3. The number of benzene rings is 1. The maximum atomic E-state index is 12.9. The number of rotatable bonds is 6. The van der Waals surface area contributed by atoms with E-state index in [2.05, 4.69) is 4.98 Å². The van der Waals surface area contributed by atoms with Gasteiger partial charge in [0, 0.05) is 30.8 Å². The van der Waals surface area contributed by atoms with E-state index in [1.807, 2.05) is 13.8 Å². The first-order valence-corrected chi connectivity index (χ1v) is 10.1. The minimum Gasteiger partial charge on any atom is -0.497 e. The highest BCUT2D eigenvalue weighted by Crippen LogP contribution is 2.33. The van der Waals surface area contributed by atoms with Gasteiger partial charge in [0.25, 0.3) is 5.56 Å². The lowest BCUT2D eigenvalue weighted by atomic mass is 10.0. The Morgan fingerprint density at radius 2 is 1.79 bits per heavy atom. The van der Waals surface area contributed by atoms with Crippen molar-refractivity contribution in [3.63, 3.8) is 0 Å². The van der Waals surface area contributed by atoms with Crippen molar-refractivity contribution < 1.29 is 9.53 Å². The van der Waals surface area contributed by atoms with Gasteiger partial charge in [0.1, 0.15) is 11.4 Å². The lowest BCUT2D eigenvalue weighted by molar-refractivity contribution is 0.102. The minimum absolute atomic E-state index is 0.0565. The van der Waals surface area contributed by atoms with Crippen LogP contribution in [0.2, 0.25) is 0 Å². The Labute approximate surface area is 172 Å². The number of ketones is 1. The molecule has 0 atom stereocenters. The van der Waals surface area contributed by atoms with Gasteiger partial charge in [-0.2, -0.15) is 0 Å². The molecular weight excluding hydrogens is 390 g/mol. The molecule has 8 heteroatoms. The van der Waals surface area contributed by atoms with Gasteiger partial charge in [-0.15, -0.1) is 11.8 Å². The molecule has 0 aliphatic carbocycles. The standard InChI is InChI=1S/C21H23N3O4S/c1-12(2)15-10-22-19-17(20(26)24(4)21(27)23(19)3)18(15)29-11-16(25)13-6-8-14(28-5)9-7-13/h6-10,12H,11H2,1-5H3. The number of methoxy groups -OCH3 is 1. The van der Waals surface area contributed by atoms with Crippen molar-refractivity contribution in [3.8, 4) is 5.75 Å². The maximum Gasteiger partial charge on any atom is 0.332 e. The third-order valence-electron chi connectivity index (χ3n) is 4.83. The number of ether oxygens (including phenoxy) is 1. The van der Waals surface area contributed by atoms with E-state index in [1.165, 1.54) is 23.4 Å². The van der Waals surface area contributed by atoms with Crippen molar-refractivity contribution in [1.29, 1.82) is 0 Å². The summed E-state index contributed by atoms with van der Waals surface area (Å²) >= 11 is 1.31. The van der Waals surface area contributed by atoms with E-state index in [-0.39, 0.29) is 17.5 Å². The molecule has 0 fully saturated rings. The quantitative estimate of drug-likeness (QED) is 0.456. The van der Waals surface area contributed by atoms with Crippen molar-refractivity contribution in [2.45, 2.75) is 24.7 Å². The van der Waals surface area contributed by atoms with E-state index in [0.717, 1.165) is 10.1 Å². The molecule has 0 bridgehead atoms. The van der Waals surface area contributed by atoms with Crippen LogP contribution in [0.4, 0.5) is 0 Å². The molecule has 0 N–H and O–H groups in total. The van der Waals surface area contributed by atoms with Crippen LogP contribution in [0.3, 0.4) is 0 Å². The van der Waals surface area contributed by atoms with Gasteiger partial charge in [0.15, 0.2) is 5.78 Å². The number of pyridine rings is 1. The normalized spacial score (nSPS) is 11.2. The largest absolute Gasteiger partial charge is 0.497 e. The molecule has 2 heterocycles. The Morgan fingerprint density at radius 1 is 1.14 bits per heavy atom. The molecular formula is C21H23N3O4S. The number of Topliss-reactive ketones (excluding diaryl/α,β-unsaturated/α-hetero) is 1. The summed E-state index contributed by atoms with van der Waals surface area (Å²) in [6.07, 6.45) is 1.69. The number of nitrogens with zero attached hydrogens (tertiary/aromatic N) is 3. The molecule has 7 nitrogen and oxygen atoms in total. The van der Waals surface area contributed by atoms with Crippen LogP contribution in [0.1, 0.15) is 35.7 Å². The van der Waals surface area contributed by atoms with Crippen LogP contribution >= 0.6 is 11.8 Å². The SMILES string of the molecule is COc1ccc(C(=O)CSc2c(C(C)C)cnc3c2c(=O)n(C)c(=O)n3C)cc1. The number of carbonyl (C=O) groups is 1. The molecule has 1 aromatic carbocycles. The first-order valence-electron chi connectivity index (χ1n) is 9.15. The number of hydrogen-bond acceptors (Lipinski definition) is 6. The maximum absolute atomic E-state index is 12.9. The average Bonchev–Trinajstić information content (AvgIpc) is 2.73. The summed E-state index contributed by atoms with van der Waals surface area (Å²) in [5.41, 5.74) is 0.931. The summed E-state index contributed by atoms with van der Waals surface area (Å²) in [7, 11) is 4.61. The van der Waals surface area contributed by atoms with Gasteiger partial charge in [-0.25, -0.2) is 9.78 Å². The molecule has 29 heavy (non-hydrogen) atoms. The lowest BCUT2D eigenvalue weighted by Crippen LogP contribution is -2.37. The van der Waals surface area contributed by atoms with Crippen molar-refractivity contribution in [2.24, 2.45) is 14.1 Å². The van der Waals surface area contributed by atoms with Gasteiger partial charge in [0.2, 0.25) is 0 Å². The molecule has 152 valence electrons. The van der Waals surface area contributed by atoms with E-state index in [1.54, 1.807) is 44.6 Å². The van der Waals surface area contributed by atoms with Gasteiger partial charge in [-0.05, 0) is 35.7 Å². The summed E-state index contributed by atoms with van der Waals surface area (Å²) < 4.78 is 7.56. The zero-order valence-corrected chi connectivity index (χ0v) is 17.9. The molecule has 0 spiro atoms. The van der Waals surface area contributed by atoms with Gasteiger partial charge >= 0.3 is 5.69 Å². The van der Waals surface area contributed by atoms with Gasteiger partial charge in [0.05, 0.1) is 18.2 Å². The molecule has 0 saturated heterocycles. The van der Waals surface area contributed by atoms with Crippen molar-refractivity contribution in [1.82, 2.24) is 14.1 Å². The van der Waals surface area contributed by atoms with Crippen molar-refractivity contribution in [2.75, 3.05) is 12.9 Å². The zero-order chi connectivity index (χ0) is 21.3. The topological polar surface area (TPSA) is 83.2 Å². The van der Waals surface area contributed by atoms with E-state index < -0.39 is 11.2 Å². The molecule has 0 aliphatic rings. The Kier molecular flexibility index (Phi) is 5.93. The van der Waals surface area contributed by atoms with Crippen LogP contribution in [0.5, 0.6) is 5.75 Å². The van der Waals surface area contributed by atoms with E-state index >= 15 is 0 Å². The fourth-order valence-corrected chi connectivity index (χ4v) is 4.30. The molecule has 3 aromatic rings. The Bertz CT molecular complexity index is 1190. The van der Waals surface area contributed by atoms with Crippen molar-refractivity contribution >= 4 is 28.6 Å². The predicted molar refractivity (Wildman–Crippen MR) is 114 cm³/mol. The molecule has 3 rings (SSSR count). The molecule has 0 saturated carbocycles. The first-order chi connectivity index (χ1) is 13.8. The highest BCUT2D eigenvalue weighted by atomic mass is 32.2. The van der Waals surface area contributed by atoms with E-state index in [0.29, 0.717) is 27.2 Å². The summed E-state index contributed by atoms with van der Waals surface area (Å²) in [6, 6.07) is 6.92. The van der Waals surface area contributed by atoms with Gasteiger partial charge in [-0.3, -0.25) is 18.7 Å². The predicted octanol–water partition coefficient (Wildman–Crippen LogP) is 2.74. The van der Waals surface area contributed by atoms with Crippen molar-refractivity contribution in [3.05, 3.63) is 62.4 Å². The average molecular weight is 413 g/mol. The van der Waals surface area contributed by atoms with Crippen LogP contribution in [0.15, 0.2) is 44.9 Å². The number of fused-ring (bicyclic) bond motifs is 1. The zero-order valence-electron chi connectivity index (χ0n) is 17.1. The fourth-order valence-electron chi connectivity index (χ4n) is 3.08. The molecule has 0 unspecified atom stereocenters. The molecule has 0 amide bonds. The summed E-state index contributed by atoms with van der Waals surface area (Å²) in [4.78, 5) is 42.9. The smallest absolute Gasteiger partial charge is 0.332 e. The third kappa shape index (κ3) is 3.85. The van der Waals surface area contributed by atoms with Crippen LogP contribution in [0.25, 0.3) is 11.0 Å². The van der Waals surface area contributed by atoms with Crippen LogP contribution < -0.4 is 16.0 Å². The first kappa shape index (κ1) is 20.9. The van der Waals surface area contributed by atoms with Gasteiger partial charge < -0.3 is 4.74 Å². The van der Waals surface area contributed by atoms with Crippen LogP contribution in [-0.4, -0.2) is 32.8 Å². The lowest BCUT2D eigenvalue weighted by Gasteiger charge is -2.16. The third-order valence-corrected chi connectivity index (χ3v) is 5.97. The second-order valence-corrected chi connectivity index (χ2v) is 8.03. The molecule has 0 radical (unpaired) electrons. The summed E-state index contributed by atoms with van der Waals surface area (Å²) in [5.74, 6) is 0.893.